The number of fused-ring (bicyclic) bond motifs is 1. The number of para-hydroxylation sites is 2. The number of aromatic amines is 2. The molecule has 2 aromatic carbocycles. The zero-order valence-corrected chi connectivity index (χ0v) is 16.7. The molecule has 2 amide bonds. The molecule has 8 nitrogen and oxygen atoms in total. The molecule has 4 aromatic rings. The average molecular weight is 450 g/mol. The molecular weight excluding hydrogens is 439 g/mol. The van der Waals surface area contributed by atoms with Crippen LogP contribution in [0.25, 0.3) is 11.0 Å². The second-order valence-corrected chi connectivity index (χ2v) is 7.10. The quantitative estimate of drug-likeness (QED) is 0.336. The number of imidazole rings is 2. The van der Waals surface area contributed by atoms with Crippen LogP contribution in [0, 0.1) is 0 Å². The Morgan fingerprint density at radius 2 is 1.69 bits per heavy atom. The number of nitrogens with one attached hydrogen (secondary N) is 4. The third-order valence-corrected chi connectivity index (χ3v) is 5.00. The molecule has 0 spiro atoms. The van der Waals surface area contributed by atoms with Crippen molar-refractivity contribution < 1.29 is 9.59 Å². The fourth-order valence-corrected chi connectivity index (χ4v) is 3.22. The minimum atomic E-state index is -0.627. The predicted molar refractivity (Wildman–Crippen MR) is 112 cm³/mol. The van der Waals surface area contributed by atoms with E-state index < -0.39 is 11.8 Å². The molecule has 29 heavy (non-hydrogen) atoms. The van der Waals surface area contributed by atoms with Crippen LogP contribution in [0.3, 0.4) is 0 Å². The number of aromatic nitrogens is 4. The second-order valence-electron chi connectivity index (χ2n) is 5.88. The van der Waals surface area contributed by atoms with E-state index in [9.17, 15) is 9.59 Å². The Hall–Kier alpha value is -3.07. The number of hydrogen-bond donors (Lipinski definition) is 4. The Balaban J connectivity index is 1.55. The van der Waals surface area contributed by atoms with Gasteiger partial charge in [-0.1, -0.05) is 46.9 Å². The summed E-state index contributed by atoms with van der Waals surface area (Å²) >= 11 is 17.9. The standard InChI is InChI=1S/C18H11Cl3N6O2/c19-8-5-10(21)13(6-9(8)20)24-16(28)14-15(23-7-22-14)17(29)27-18-25-11-3-1-2-4-12(11)26-18/h1-7H,(H,22,23)(H,24,28)(H2,25,26,27,29). The molecule has 4 N–H and O–H groups in total. The Morgan fingerprint density at radius 3 is 2.48 bits per heavy atom. The zero-order valence-electron chi connectivity index (χ0n) is 14.4. The average Bonchev–Trinajstić information content (AvgIpc) is 3.32. The first kappa shape index (κ1) is 19.3. The molecule has 0 aliphatic heterocycles. The van der Waals surface area contributed by atoms with E-state index in [1.54, 1.807) is 6.07 Å². The van der Waals surface area contributed by atoms with Gasteiger partial charge in [0, 0.05) is 0 Å². The maximum Gasteiger partial charge on any atom is 0.279 e. The smallest absolute Gasteiger partial charge is 0.279 e. The molecule has 2 heterocycles. The van der Waals surface area contributed by atoms with Gasteiger partial charge in [-0.15, -0.1) is 0 Å². The van der Waals surface area contributed by atoms with E-state index in [2.05, 4.69) is 30.6 Å². The summed E-state index contributed by atoms with van der Waals surface area (Å²) in [4.78, 5) is 39.0. The topological polar surface area (TPSA) is 116 Å². The molecule has 0 bridgehead atoms. The number of amides is 2. The Labute approximate surface area is 178 Å². The van der Waals surface area contributed by atoms with Crippen LogP contribution >= 0.6 is 34.8 Å². The van der Waals surface area contributed by atoms with Crippen LogP contribution in [0.1, 0.15) is 21.0 Å². The maximum atomic E-state index is 12.6. The number of halogens is 3. The summed E-state index contributed by atoms with van der Waals surface area (Å²) < 4.78 is 0. The van der Waals surface area contributed by atoms with E-state index in [0.29, 0.717) is 5.52 Å². The summed E-state index contributed by atoms with van der Waals surface area (Å²) in [6.07, 6.45) is 1.24. The van der Waals surface area contributed by atoms with Gasteiger partial charge in [-0.05, 0) is 24.3 Å². The van der Waals surface area contributed by atoms with Crippen molar-refractivity contribution in [2.24, 2.45) is 0 Å². The summed E-state index contributed by atoms with van der Waals surface area (Å²) in [5, 5.41) is 5.83. The van der Waals surface area contributed by atoms with Crippen LogP contribution in [-0.4, -0.2) is 31.8 Å². The summed E-state index contributed by atoms with van der Waals surface area (Å²) in [6.45, 7) is 0. The van der Waals surface area contributed by atoms with Crippen molar-refractivity contribution >= 4 is 69.3 Å². The lowest BCUT2D eigenvalue weighted by molar-refractivity contribution is 0.0985. The number of benzene rings is 2. The summed E-state index contributed by atoms with van der Waals surface area (Å²) in [5.41, 5.74) is 1.53. The summed E-state index contributed by atoms with van der Waals surface area (Å²) in [7, 11) is 0. The molecule has 0 atom stereocenters. The first-order valence-corrected chi connectivity index (χ1v) is 9.31. The van der Waals surface area contributed by atoms with Gasteiger partial charge in [0.2, 0.25) is 5.95 Å². The van der Waals surface area contributed by atoms with E-state index in [1.165, 1.54) is 18.5 Å². The van der Waals surface area contributed by atoms with Gasteiger partial charge < -0.3 is 15.3 Å². The second kappa shape index (κ2) is 7.75. The monoisotopic (exact) mass is 448 g/mol. The number of carbonyl (C=O) groups excluding carboxylic acids is 2. The highest BCUT2D eigenvalue weighted by Crippen LogP contribution is 2.32. The molecular formula is C18H11Cl3N6O2. The van der Waals surface area contributed by atoms with E-state index in [-0.39, 0.29) is 38.1 Å². The van der Waals surface area contributed by atoms with Gasteiger partial charge >= 0.3 is 0 Å². The number of carbonyl (C=O) groups is 2. The van der Waals surface area contributed by atoms with Crippen LogP contribution in [0.15, 0.2) is 42.7 Å². The van der Waals surface area contributed by atoms with Gasteiger partial charge in [0.1, 0.15) is 5.69 Å². The number of rotatable bonds is 4. The molecule has 0 aliphatic carbocycles. The highest BCUT2D eigenvalue weighted by molar-refractivity contribution is 6.44. The Bertz CT molecular complexity index is 1220. The van der Waals surface area contributed by atoms with Crippen LogP contribution in [-0.2, 0) is 0 Å². The van der Waals surface area contributed by atoms with E-state index in [1.807, 2.05) is 18.2 Å². The molecule has 0 radical (unpaired) electrons. The minimum Gasteiger partial charge on any atom is -0.340 e. The van der Waals surface area contributed by atoms with Crippen molar-refractivity contribution in [3.05, 3.63) is 69.2 Å². The van der Waals surface area contributed by atoms with Crippen molar-refractivity contribution in [1.82, 2.24) is 19.9 Å². The van der Waals surface area contributed by atoms with Crippen LogP contribution in [0.5, 0.6) is 0 Å². The molecule has 0 fully saturated rings. The predicted octanol–water partition coefficient (Wildman–Crippen LogP) is 4.75. The lowest BCUT2D eigenvalue weighted by atomic mass is 10.2. The number of hydrogen-bond acceptors (Lipinski definition) is 4. The van der Waals surface area contributed by atoms with Crippen molar-refractivity contribution in [2.75, 3.05) is 10.6 Å². The molecule has 2 aromatic heterocycles. The fourth-order valence-electron chi connectivity index (χ4n) is 2.62. The van der Waals surface area contributed by atoms with Crippen LogP contribution < -0.4 is 10.6 Å². The van der Waals surface area contributed by atoms with Crippen LogP contribution in [0.2, 0.25) is 15.1 Å². The van der Waals surface area contributed by atoms with Crippen molar-refractivity contribution in [3.8, 4) is 0 Å². The van der Waals surface area contributed by atoms with Crippen molar-refractivity contribution in [3.63, 3.8) is 0 Å². The first-order chi connectivity index (χ1) is 13.9. The molecule has 0 saturated carbocycles. The highest BCUT2D eigenvalue weighted by Gasteiger charge is 2.22. The van der Waals surface area contributed by atoms with Gasteiger partial charge in [0.15, 0.2) is 5.69 Å². The number of H-pyrrole nitrogens is 2. The summed E-state index contributed by atoms with van der Waals surface area (Å²) in [5.74, 6) is -1.01. The third-order valence-electron chi connectivity index (χ3n) is 3.96. The van der Waals surface area contributed by atoms with Gasteiger partial charge in [-0.3, -0.25) is 14.9 Å². The molecule has 0 aliphatic rings. The van der Waals surface area contributed by atoms with Crippen molar-refractivity contribution in [1.29, 1.82) is 0 Å². The lowest BCUT2D eigenvalue weighted by Gasteiger charge is -2.09. The van der Waals surface area contributed by atoms with Crippen LogP contribution in [0.4, 0.5) is 11.6 Å². The van der Waals surface area contributed by atoms with E-state index >= 15 is 0 Å². The lowest BCUT2D eigenvalue weighted by Crippen LogP contribution is -2.21. The fraction of sp³-hybridized carbons (Fsp3) is 0. The van der Waals surface area contributed by atoms with E-state index in [0.717, 1.165) is 5.52 Å². The number of anilines is 2. The minimum absolute atomic E-state index is 0.0549. The highest BCUT2D eigenvalue weighted by atomic mass is 35.5. The molecule has 4 rings (SSSR count). The van der Waals surface area contributed by atoms with E-state index in [4.69, 9.17) is 34.8 Å². The van der Waals surface area contributed by atoms with Gasteiger partial charge in [-0.2, -0.15) is 0 Å². The first-order valence-electron chi connectivity index (χ1n) is 8.17. The van der Waals surface area contributed by atoms with Gasteiger partial charge in [0.25, 0.3) is 11.8 Å². The Kier molecular flexibility index (Phi) is 5.14. The zero-order chi connectivity index (χ0) is 20.5. The van der Waals surface area contributed by atoms with Gasteiger partial charge in [-0.25, -0.2) is 9.97 Å². The largest absolute Gasteiger partial charge is 0.340 e. The SMILES string of the molecule is O=C(Nc1nc2ccccc2[nH]1)c1nc[nH]c1C(=O)Nc1cc(Cl)c(Cl)cc1Cl. The summed E-state index contributed by atoms with van der Waals surface area (Å²) in [6, 6.07) is 10.1. The molecule has 11 heteroatoms. The third kappa shape index (κ3) is 3.91. The number of nitrogens with zero attached hydrogens (tertiary/aromatic N) is 2. The molecule has 0 unspecified atom stereocenters. The van der Waals surface area contributed by atoms with Gasteiger partial charge in [0.05, 0.1) is 38.1 Å². The normalized spacial score (nSPS) is 10.9. The maximum absolute atomic E-state index is 12.6. The molecule has 146 valence electrons. The van der Waals surface area contributed by atoms with Crippen molar-refractivity contribution in [2.45, 2.75) is 0 Å². The Morgan fingerprint density at radius 1 is 0.931 bits per heavy atom. The molecule has 0 saturated heterocycles.